The van der Waals surface area contributed by atoms with Gasteiger partial charge in [0, 0.05) is 36.1 Å². The predicted octanol–water partition coefficient (Wildman–Crippen LogP) is 3.72. The van der Waals surface area contributed by atoms with Crippen LogP contribution in [0.1, 0.15) is 28.4 Å². The molecule has 0 bridgehead atoms. The van der Waals surface area contributed by atoms with Gasteiger partial charge in [0.1, 0.15) is 11.7 Å². The van der Waals surface area contributed by atoms with E-state index in [2.05, 4.69) is 4.98 Å². The van der Waals surface area contributed by atoms with Crippen LogP contribution in [-0.2, 0) is 16.1 Å². The lowest BCUT2D eigenvalue weighted by atomic mass is 9.86. The smallest absolute Gasteiger partial charge is 0.291 e. The van der Waals surface area contributed by atoms with Crippen molar-refractivity contribution in [1.82, 2.24) is 14.5 Å². The molecule has 0 radical (unpaired) electrons. The number of hydrogen-bond acceptors (Lipinski definition) is 4. The number of benzene rings is 2. The Morgan fingerprint density at radius 2 is 1.74 bits per heavy atom. The first-order valence-corrected chi connectivity index (χ1v) is 10.2. The molecule has 158 valence electrons. The Morgan fingerprint density at radius 3 is 2.39 bits per heavy atom. The zero-order valence-electron chi connectivity index (χ0n) is 16.4. The molecule has 2 atom stereocenters. The first kappa shape index (κ1) is 20.9. The Labute approximate surface area is 183 Å². The molecule has 4 rings (SSSR count). The summed E-state index contributed by atoms with van der Waals surface area (Å²) in [5.74, 6) is -3.55. The molecule has 1 aliphatic heterocycles. The average molecular weight is 440 g/mol. The summed E-state index contributed by atoms with van der Waals surface area (Å²) < 4.78 is 15.4. The Balaban J connectivity index is 1.65. The zero-order chi connectivity index (χ0) is 22.0. The number of carbonyl (C=O) groups is 3. The second-order valence-corrected chi connectivity index (χ2v) is 7.80. The van der Waals surface area contributed by atoms with E-state index in [0.29, 0.717) is 29.1 Å². The summed E-state index contributed by atoms with van der Waals surface area (Å²) in [6, 6.07) is 10.9. The van der Waals surface area contributed by atoms with Crippen LogP contribution in [0.25, 0.3) is 0 Å². The van der Waals surface area contributed by atoms with Crippen LogP contribution >= 0.6 is 11.6 Å². The second kappa shape index (κ2) is 8.81. The third-order valence-corrected chi connectivity index (χ3v) is 5.65. The summed E-state index contributed by atoms with van der Waals surface area (Å²) in [5.41, 5.74) is 0.832. The number of Topliss-reactive ketones (excluding diaryl/α,β-unsaturated/α-hetero) is 2. The third kappa shape index (κ3) is 4.27. The van der Waals surface area contributed by atoms with E-state index in [1.165, 1.54) is 41.3 Å². The van der Waals surface area contributed by atoms with Gasteiger partial charge < -0.3 is 9.47 Å². The van der Waals surface area contributed by atoms with Crippen LogP contribution < -0.4 is 0 Å². The van der Waals surface area contributed by atoms with Crippen molar-refractivity contribution in [1.29, 1.82) is 0 Å². The Morgan fingerprint density at radius 1 is 1.03 bits per heavy atom. The molecule has 2 heterocycles. The highest BCUT2D eigenvalue weighted by Gasteiger charge is 2.51. The summed E-state index contributed by atoms with van der Waals surface area (Å²) in [7, 11) is 0. The largest absolute Gasteiger partial charge is 0.337 e. The fourth-order valence-corrected chi connectivity index (χ4v) is 4.02. The minimum absolute atomic E-state index is 0.273. The Bertz CT molecular complexity index is 1100. The Hall–Kier alpha value is -3.32. The van der Waals surface area contributed by atoms with Crippen molar-refractivity contribution in [2.24, 2.45) is 5.92 Å². The quantitative estimate of drug-likeness (QED) is 0.319. The van der Waals surface area contributed by atoms with E-state index < -0.39 is 35.3 Å². The van der Waals surface area contributed by atoms with Crippen molar-refractivity contribution < 1.29 is 18.8 Å². The van der Waals surface area contributed by atoms with Gasteiger partial charge in [-0.3, -0.25) is 14.4 Å². The van der Waals surface area contributed by atoms with Gasteiger partial charge in [-0.15, -0.1) is 0 Å². The molecular weight excluding hydrogens is 421 g/mol. The van der Waals surface area contributed by atoms with E-state index in [9.17, 15) is 18.8 Å². The van der Waals surface area contributed by atoms with Crippen LogP contribution in [0, 0.1) is 11.7 Å². The van der Waals surface area contributed by atoms with Crippen molar-refractivity contribution in [3.05, 3.63) is 89.2 Å². The molecule has 2 unspecified atom stereocenters. The molecule has 3 aromatic rings. The molecule has 0 spiro atoms. The van der Waals surface area contributed by atoms with Gasteiger partial charge in [-0.25, -0.2) is 9.37 Å². The van der Waals surface area contributed by atoms with Crippen LogP contribution in [0.2, 0.25) is 5.02 Å². The summed E-state index contributed by atoms with van der Waals surface area (Å²) in [6.07, 6.45) is 5.70. The topological polar surface area (TPSA) is 72.3 Å². The maximum absolute atomic E-state index is 13.5. The third-order valence-electron chi connectivity index (χ3n) is 5.40. The fraction of sp³-hybridized carbons (Fsp3) is 0.217. The van der Waals surface area contributed by atoms with Gasteiger partial charge in [0.05, 0.1) is 12.4 Å². The molecule has 0 N–H and O–H groups in total. The number of carbonyl (C=O) groups excluding carboxylic acids is 3. The van der Waals surface area contributed by atoms with E-state index in [1.54, 1.807) is 30.9 Å². The highest BCUT2D eigenvalue weighted by Crippen LogP contribution is 2.38. The molecule has 0 aliphatic carbocycles. The molecule has 1 aromatic heterocycles. The summed E-state index contributed by atoms with van der Waals surface area (Å²) >= 11 is 5.91. The SMILES string of the molecule is O=C1C(=O)N(CCCn2ccnc2)C(c2ccc(F)cc2)C1C(=O)c1ccc(Cl)cc1. The minimum Gasteiger partial charge on any atom is -0.337 e. The van der Waals surface area contributed by atoms with Gasteiger partial charge in [0.25, 0.3) is 5.91 Å². The molecule has 2 aromatic carbocycles. The van der Waals surface area contributed by atoms with E-state index >= 15 is 0 Å². The van der Waals surface area contributed by atoms with Crippen molar-refractivity contribution in [2.75, 3.05) is 6.54 Å². The number of nitrogens with zero attached hydrogens (tertiary/aromatic N) is 3. The molecule has 0 saturated carbocycles. The number of likely N-dealkylation sites (tertiary alicyclic amines) is 1. The molecule has 1 fully saturated rings. The molecule has 1 aliphatic rings. The number of aryl methyl sites for hydroxylation is 1. The predicted molar refractivity (Wildman–Crippen MR) is 112 cm³/mol. The van der Waals surface area contributed by atoms with Gasteiger partial charge in [0.2, 0.25) is 5.78 Å². The summed E-state index contributed by atoms with van der Waals surface area (Å²) in [5, 5.41) is 0.460. The highest BCUT2D eigenvalue weighted by atomic mass is 35.5. The van der Waals surface area contributed by atoms with E-state index in [4.69, 9.17) is 11.6 Å². The minimum atomic E-state index is -1.20. The molecule has 1 amide bonds. The number of aromatic nitrogens is 2. The number of amides is 1. The van der Waals surface area contributed by atoms with Crippen molar-refractivity contribution in [3.63, 3.8) is 0 Å². The number of imidazole rings is 1. The highest BCUT2D eigenvalue weighted by molar-refractivity contribution is 6.44. The molecule has 31 heavy (non-hydrogen) atoms. The maximum Gasteiger partial charge on any atom is 0.291 e. The van der Waals surface area contributed by atoms with Gasteiger partial charge in [-0.2, -0.15) is 0 Å². The van der Waals surface area contributed by atoms with Crippen LogP contribution in [0.5, 0.6) is 0 Å². The van der Waals surface area contributed by atoms with Gasteiger partial charge in [0.15, 0.2) is 5.78 Å². The van der Waals surface area contributed by atoms with Crippen molar-refractivity contribution in [3.8, 4) is 0 Å². The number of hydrogen-bond donors (Lipinski definition) is 0. The zero-order valence-corrected chi connectivity index (χ0v) is 17.2. The number of ketones is 2. The Kier molecular flexibility index (Phi) is 5.95. The first-order chi connectivity index (χ1) is 15.0. The molecule has 6 nitrogen and oxygen atoms in total. The van der Waals surface area contributed by atoms with Crippen LogP contribution in [0.4, 0.5) is 4.39 Å². The standard InChI is InChI=1S/C23H19ClFN3O3/c24-17-6-2-16(3-7-17)21(29)19-20(15-4-8-18(25)9-5-15)28(23(31)22(19)30)12-1-11-27-13-10-26-14-27/h2-10,13-14,19-20H,1,11-12H2. The lowest BCUT2D eigenvalue weighted by Gasteiger charge is -2.27. The van der Waals surface area contributed by atoms with Crippen molar-refractivity contribution in [2.45, 2.75) is 19.0 Å². The normalized spacial score (nSPS) is 18.6. The van der Waals surface area contributed by atoms with Gasteiger partial charge >= 0.3 is 0 Å². The van der Waals surface area contributed by atoms with Crippen LogP contribution in [0.15, 0.2) is 67.3 Å². The van der Waals surface area contributed by atoms with E-state index in [0.717, 1.165) is 0 Å². The van der Waals surface area contributed by atoms with Gasteiger partial charge in [-0.05, 0) is 48.4 Å². The monoisotopic (exact) mass is 439 g/mol. The fourth-order valence-electron chi connectivity index (χ4n) is 3.90. The average Bonchev–Trinajstić information content (AvgIpc) is 3.37. The van der Waals surface area contributed by atoms with E-state index in [-0.39, 0.29) is 6.54 Å². The molecular formula is C23H19ClFN3O3. The lowest BCUT2D eigenvalue weighted by molar-refractivity contribution is -0.140. The van der Waals surface area contributed by atoms with Crippen LogP contribution in [-0.4, -0.2) is 38.5 Å². The maximum atomic E-state index is 13.5. The molecule has 1 saturated heterocycles. The molecule has 8 heteroatoms. The van der Waals surface area contributed by atoms with E-state index in [1.807, 2.05) is 4.57 Å². The second-order valence-electron chi connectivity index (χ2n) is 7.36. The number of rotatable bonds is 7. The summed E-state index contributed by atoms with van der Waals surface area (Å²) in [6.45, 7) is 0.874. The summed E-state index contributed by atoms with van der Waals surface area (Å²) in [4.78, 5) is 44.4. The van der Waals surface area contributed by atoms with Crippen LogP contribution in [0.3, 0.4) is 0 Å². The number of halogens is 2. The lowest BCUT2D eigenvalue weighted by Crippen LogP contribution is -2.32. The first-order valence-electron chi connectivity index (χ1n) is 9.81. The van der Waals surface area contributed by atoms with Crippen molar-refractivity contribution >= 4 is 29.1 Å². The van der Waals surface area contributed by atoms with Gasteiger partial charge in [-0.1, -0.05) is 23.7 Å².